The van der Waals surface area contributed by atoms with E-state index in [-0.39, 0.29) is 11.3 Å². The molecule has 0 N–H and O–H groups in total. The Kier molecular flexibility index (Phi) is 11.8. The van der Waals surface area contributed by atoms with Crippen LogP contribution in [0, 0.1) is 5.82 Å². The Balaban J connectivity index is 1.41. The zero-order valence-electron chi connectivity index (χ0n) is 25.1. The molecule has 0 saturated heterocycles. The summed E-state index contributed by atoms with van der Waals surface area (Å²) in [6, 6.07) is 16.7. The summed E-state index contributed by atoms with van der Waals surface area (Å²) in [4.78, 5) is 0. The molecule has 222 valence electrons. The maximum atomic E-state index is 15.4. The Bertz CT molecular complexity index is 1230. The van der Waals surface area contributed by atoms with Gasteiger partial charge in [0.15, 0.2) is 11.6 Å². The van der Waals surface area contributed by atoms with Gasteiger partial charge in [-0.3, -0.25) is 0 Å². The van der Waals surface area contributed by atoms with E-state index in [1.807, 2.05) is 18.2 Å². The van der Waals surface area contributed by atoms with Crippen LogP contribution in [0.2, 0.25) is 0 Å². The highest BCUT2D eigenvalue weighted by Gasteiger charge is 2.43. The van der Waals surface area contributed by atoms with E-state index in [2.05, 4.69) is 26.0 Å². The smallest absolute Gasteiger partial charge is 0.425 e. The summed E-state index contributed by atoms with van der Waals surface area (Å²) in [5.41, 5.74) is 3.81. The summed E-state index contributed by atoms with van der Waals surface area (Å²) in [7, 11) is 0. The van der Waals surface area contributed by atoms with Gasteiger partial charge in [0, 0.05) is 5.56 Å². The second-order valence-corrected chi connectivity index (χ2v) is 11.7. The molecule has 0 unspecified atom stereocenters. The van der Waals surface area contributed by atoms with Crippen LogP contribution in [0.5, 0.6) is 5.75 Å². The Morgan fingerprint density at radius 3 is 1.76 bits per heavy atom. The second kappa shape index (κ2) is 15.5. The van der Waals surface area contributed by atoms with Crippen LogP contribution in [0.3, 0.4) is 0 Å². The first kappa shape index (κ1) is 31.2. The molecule has 0 atom stereocenters. The van der Waals surface area contributed by atoms with Crippen molar-refractivity contribution in [3.05, 3.63) is 77.1 Å². The van der Waals surface area contributed by atoms with Crippen molar-refractivity contribution in [2.45, 2.75) is 123 Å². The van der Waals surface area contributed by atoms with Gasteiger partial charge in [-0.05, 0) is 59.6 Å². The fraction of sp³-hybridized carbons (Fsp3) is 0.514. The molecule has 1 aliphatic heterocycles. The normalized spacial score (nSPS) is 13.5. The summed E-state index contributed by atoms with van der Waals surface area (Å²) in [5.74, 6) is -0.979. The third-order valence-electron chi connectivity index (χ3n) is 8.44. The number of hydrogen-bond acceptors (Lipinski definition) is 1. The lowest BCUT2D eigenvalue weighted by Crippen LogP contribution is -2.27. The SMILES string of the molecule is CCCCCCCCCCc1ccc2c(c1F)OC(F)(F)c1cc(-c3ccc(CCCCCCCC)cc3)ccc1-2. The van der Waals surface area contributed by atoms with Crippen molar-refractivity contribution in [1.29, 1.82) is 0 Å². The Hall–Kier alpha value is -2.75. The van der Waals surface area contributed by atoms with Crippen LogP contribution < -0.4 is 4.74 Å². The van der Waals surface area contributed by atoms with E-state index in [4.69, 9.17) is 4.74 Å². The number of alkyl halides is 2. The van der Waals surface area contributed by atoms with Gasteiger partial charge in [0.2, 0.25) is 0 Å². The minimum Gasteiger partial charge on any atom is -0.425 e. The molecule has 0 fully saturated rings. The van der Waals surface area contributed by atoms with E-state index in [0.29, 0.717) is 28.7 Å². The standard InChI is InChI=1S/C37H47F3O/c1-3-5-7-9-11-12-14-16-18-30-23-26-33-32-25-24-31(27-34(32)37(39,40)41-36(33)35(30)38)29-21-19-28(20-22-29)17-15-13-10-8-6-4-2/h19-27H,3-18H2,1-2H3. The first-order valence-corrected chi connectivity index (χ1v) is 16.1. The highest BCUT2D eigenvalue weighted by Crippen LogP contribution is 2.49. The van der Waals surface area contributed by atoms with Gasteiger partial charge in [0.25, 0.3) is 0 Å². The van der Waals surface area contributed by atoms with Crippen molar-refractivity contribution in [3.8, 4) is 28.0 Å². The summed E-state index contributed by atoms with van der Waals surface area (Å²) < 4.78 is 51.1. The molecule has 3 aromatic carbocycles. The van der Waals surface area contributed by atoms with Crippen LogP contribution in [0.15, 0.2) is 54.6 Å². The molecule has 0 radical (unpaired) electrons. The van der Waals surface area contributed by atoms with Crippen molar-refractivity contribution in [2.24, 2.45) is 0 Å². The van der Waals surface area contributed by atoms with Crippen molar-refractivity contribution in [2.75, 3.05) is 0 Å². The molecule has 0 aromatic heterocycles. The molecular weight excluding hydrogens is 517 g/mol. The van der Waals surface area contributed by atoms with Crippen LogP contribution in [0.4, 0.5) is 13.2 Å². The van der Waals surface area contributed by atoms with Crippen LogP contribution >= 0.6 is 0 Å². The second-order valence-electron chi connectivity index (χ2n) is 11.7. The number of benzene rings is 3. The van der Waals surface area contributed by atoms with E-state index in [1.165, 1.54) is 82.3 Å². The van der Waals surface area contributed by atoms with Gasteiger partial charge in [0.1, 0.15) is 0 Å². The third kappa shape index (κ3) is 8.40. The largest absolute Gasteiger partial charge is 0.427 e. The van der Waals surface area contributed by atoms with E-state index >= 15 is 13.2 Å². The molecule has 1 nitrogen and oxygen atoms in total. The predicted octanol–water partition coefficient (Wildman–Crippen LogP) is 12.2. The minimum absolute atomic E-state index is 0.214. The highest BCUT2D eigenvalue weighted by atomic mass is 19.3. The number of unbranched alkanes of at least 4 members (excludes halogenated alkanes) is 12. The van der Waals surface area contributed by atoms with Gasteiger partial charge < -0.3 is 4.74 Å². The molecule has 0 spiro atoms. The summed E-state index contributed by atoms with van der Waals surface area (Å²) >= 11 is 0. The fourth-order valence-corrected chi connectivity index (χ4v) is 5.91. The molecule has 1 aliphatic rings. The van der Waals surface area contributed by atoms with E-state index < -0.39 is 11.9 Å². The lowest BCUT2D eigenvalue weighted by Gasteiger charge is -2.29. The first-order valence-electron chi connectivity index (χ1n) is 16.1. The molecule has 0 saturated carbocycles. The predicted molar refractivity (Wildman–Crippen MR) is 165 cm³/mol. The molecule has 1 heterocycles. The average molecular weight is 565 g/mol. The first-order chi connectivity index (χ1) is 19.9. The monoisotopic (exact) mass is 564 g/mol. The molecule has 0 aliphatic carbocycles. The van der Waals surface area contributed by atoms with Gasteiger partial charge in [-0.25, -0.2) is 4.39 Å². The topological polar surface area (TPSA) is 9.23 Å². The number of ether oxygens (including phenoxy) is 1. The highest BCUT2D eigenvalue weighted by molar-refractivity contribution is 5.80. The van der Waals surface area contributed by atoms with Gasteiger partial charge in [-0.2, -0.15) is 8.78 Å². The van der Waals surface area contributed by atoms with Crippen molar-refractivity contribution in [1.82, 2.24) is 0 Å². The Morgan fingerprint density at radius 2 is 1.12 bits per heavy atom. The number of aryl methyl sites for hydroxylation is 2. The van der Waals surface area contributed by atoms with Crippen molar-refractivity contribution >= 4 is 0 Å². The fourth-order valence-electron chi connectivity index (χ4n) is 5.91. The molecule has 4 rings (SSSR count). The van der Waals surface area contributed by atoms with Crippen LogP contribution in [-0.2, 0) is 19.0 Å². The minimum atomic E-state index is -3.60. The number of fused-ring (bicyclic) bond motifs is 3. The van der Waals surface area contributed by atoms with Gasteiger partial charge in [-0.15, -0.1) is 0 Å². The van der Waals surface area contributed by atoms with Gasteiger partial charge in [0.05, 0.1) is 5.56 Å². The average Bonchev–Trinajstić information content (AvgIpc) is 2.98. The van der Waals surface area contributed by atoms with Crippen LogP contribution in [-0.4, -0.2) is 0 Å². The molecular formula is C37H47F3O. The van der Waals surface area contributed by atoms with Crippen molar-refractivity contribution < 1.29 is 17.9 Å². The summed E-state index contributed by atoms with van der Waals surface area (Å²) in [5, 5.41) is 0. The Morgan fingerprint density at radius 1 is 0.585 bits per heavy atom. The van der Waals surface area contributed by atoms with Crippen LogP contribution in [0.25, 0.3) is 22.3 Å². The quantitative estimate of drug-likeness (QED) is 0.148. The molecule has 41 heavy (non-hydrogen) atoms. The number of rotatable bonds is 17. The molecule has 0 bridgehead atoms. The number of halogens is 3. The van der Waals surface area contributed by atoms with Crippen molar-refractivity contribution in [3.63, 3.8) is 0 Å². The third-order valence-corrected chi connectivity index (χ3v) is 8.44. The van der Waals surface area contributed by atoms with Gasteiger partial charge in [-0.1, -0.05) is 139 Å². The molecule has 0 amide bonds. The lowest BCUT2D eigenvalue weighted by atomic mass is 9.90. The molecule has 3 aromatic rings. The Labute approximate surface area is 245 Å². The maximum absolute atomic E-state index is 15.4. The zero-order chi connectivity index (χ0) is 29.1. The summed E-state index contributed by atoms with van der Waals surface area (Å²) in [6.45, 7) is 4.44. The molecule has 4 heteroatoms. The van der Waals surface area contributed by atoms with E-state index in [1.54, 1.807) is 18.2 Å². The van der Waals surface area contributed by atoms with Crippen LogP contribution in [0.1, 0.15) is 120 Å². The van der Waals surface area contributed by atoms with E-state index in [9.17, 15) is 0 Å². The lowest BCUT2D eigenvalue weighted by molar-refractivity contribution is -0.188. The maximum Gasteiger partial charge on any atom is 0.427 e. The summed E-state index contributed by atoms with van der Waals surface area (Å²) in [6.07, 6.45) is 14.7. The van der Waals surface area contributed by atoms with Gasteiger partial charge >= 0.3 is 6.11 Å². The van der Waals surface area contributed by atoms with E-state index in [0.717, 1.165) is 31.2 Å². The zero-order valence-corrected chi connectivity index (χ0v) is 25.1. The number of hydrogen-bond donors (Lipinski definition) is 0.